The summed E-state index contributed by atoms with van der Waals surface area (Å²) in [6.07, 6.45) is 1.61. The average molecular weight is 281 g/mol. The third kappa shape index (κ3) is 3.80. The van der Waals surface area contributed by atoms with Gasteiger partial charge in [-0.2, -0.15) is 5.26 Å². The second-order valence-corrected chi connectivity index (χ2v) is 4.28. The lowest BCUT2D eigenvalue weighted by molar-refractivity contribution is 0.0527. The highest BCUT2D eigenvalue weighted by atomic mass is 16.5. The molecule has 0 spiro atoms. The number of anilines is 1. The van der Waals surface area contributed by atoms with Crippen LogP contribution in [0.3, 0.4) is 0 Å². The van der Waals surface area contributed by atoms with Crippen LogP contribution < -0.4 is 5.32 Å². The van der Waals surface area contributed by atoms with Crippen molar-refractivity contribution in [2.45, 2.75) is 13.5 Å². The van der Waals surface area contributed by atoms with Crippen LogP contribution in [0.2, 0.25) is 0 Å². The van der Waals surface area contributed by atoms with E-state index in [0.717, 1.165) is 5.56 Å². The Labute approximate surface area is 123 Å². The zero-order valence-corrected chi connectivity index (χ0v) is 11.7. The van der Waals surface area contributed by atoms with Crippen LogP contribution >= 0.6 is 0 Å². The maximum atomic E-state index is 11.8. The van der Waals surface area contributed by atoms with E-state index in [-0.39, 0.29) is 0 Å². The Kier molecular flexibility index (Phi) is 4.89. The summed E-state index contributed by atoms with van der Waals surface area (Å²) in [6, 6.07) is 12.7. The summed E-state index contributed by atoms with van der Waals surface area (Å²) in [5.74, 6) is 0.0910. The number of hydrogen-bond acceptors (Lipinski definition) is 5. The summed E-state index contributed by atoms with van der Waals surface area (Å²) in [6.45, 7) is 2.59. The van der Waals surface area contributed by atoms with Gasteiger partial charge in [0.2, 0.25) is 0 Å². The maximum Gasteiger partial charge on any atom is 0.341 e. The van der Waals surface area contributed by atoms with Gasteiger partial charge in [-0.15, -0.1) is 0 Å². The third-order valence-corrected chi connectivity index (χ3v) is 2.85. The number of rotatable bonds is 5. The molecule has 0 saturated heterocycles. The van der Waals surface area contributed by atoms with Gasteiger partial charge in [0, 0.05) is 12.7 Å². The number of nitrogens with one attached hydrogen (secondary N) is 1. The largest absolute Gasteiger partial charge is 0.462 e. The van der Waals surface area contributed by atoms with E-state index in [9.17, 15) is 4.79 Å². The molecule has 1 N–H and O–H groups in total. The number of esters is 1. The van der Waals surface area contributed by atoms with E-state index < -0.39 is 5.97 Å². The lowest BCUT2D eigenvalue weighted by Crippen LogP contribution is -2.11. The van der Waals surface area contributed by atoms with Crippen molar-refractivity contribution in [3.8, 4) is 6.07 Å². The summed E-state index contributed by atoms with van der Waals surface area (Å²) in [4.78, 5) is 16.0. The first kappa shape index (κ1) is 14.5. The van der Waals surface area contributed by atoms with Crippen molar-refractivity contribution >= 4 is 11.8 Å². The molecule has 21 heavy (non-hydrogen) atoms. The van der Waals surface area contributed by atoms with Gasteiger partial charge in [0.25, 0.3) is 0 Å². The number of carbonyl (C=O) groups is 1. The zero-order chi connectivity index (χ0) is 15.1. The lowest BCUT2D eigenvalue weighted by Gasteiger charge is -2.10. The molecule has 2 aromatic rings. The molecule has 106 valence electrons. The lowest BCUT2D eigenvalue weighted by atomic mass is 10.1. The first-order chi connectivity index (χ1) is 10.2. The fourth-order valence-corrected chi connectivity index (χ4v) is 1.80. The Morgan fingerprint density at radius 2 is 2.10 bits per heavy atom. The van der Waals surface area contributed by atoms with Crippen LogP contribution in [0.1, 0.15) is 28.4 Å². The van der Waals surface area contributed by atoms with Gasteiger partial charge in [-0.3, -0.25) is 0 Å². The number of pyridine rings is 1. The molecule has 0 saturated carbocycles. The van der Waals surface area contributed by atoms with Crippen LogP contribution in [0.15, 0.2) is 42.6 Å². The van der Waals surface area contributed by atoms with Crippen molar-refractivity contribution in [1.82, 2.24) is 4.98 Å². The fourth-order valence-electron chi connectivity index (χ4n) is 1.80. The summed E-state index contributed by atoms with van der Waals surface area (Å²) in [5, 5.41) is 11.9. The molecule has 0 aliphatic rings. The van der Waals surface area contributed by atoms with Crippen molar-refractivity contribution in [1.29, 1.82) is 5.26 Å². The molecule has 0 unspecified atom stereocenters. The number of aromatic nitrogens is 1. The van der Waals surface area contributed by atoms with E-state index in [1.165, 1.54) is 0 Å². The normalized spacial score (nSPS) is 9.71. The second-order valence-electron chi connectivity index (χ2n) is 4.28. The van der Waals surface area contributed by atoms with Crippen molar-refractivity contribution in [3.63, 3.8) is 0 Å². The van der Waals surface area contributed by atoms with Gasteiger partial charge in [0.1, 0.15) is 11.4 Å². The summed E-state index contributed by atoms with van der Waals surface area (Å²) in [5.41, 5.74) is 2.02. The van der Waals surface area contributed by atoms with Crippen molar-refractivity contribution in [2.24, 2.45) is 0 Å². The van der Waals surface area contributed by atoms with Gasteiger partial charge in [0.15, 0.2) is 0 Å². The smallest absolute Gasteiger partial charge is 0.341 e. The van der Waals surface area contributed by atoms with Crippen LogP contribution in [0.5, 0.6) is 0 Å². The molecule has 0 fully saturated rings. The first-order valence-corrected chi connectivity index (χ1v) is 6.59. The number of hydrogen-bond donors (Lipinski definition) is 1. The van der Waals surface area contributed by atoms with Gasteiger partial charge < -0.3 is 10.1 Å². The average Bonchev–Trinajstić information content (AvgIpc) is 2.54. The fraction of sp³-hybridized carbons (Fsp3) is 0.188. The SMILES string of the molecule is CCOC(=O)c1cccnc1NCc1ccc(C#N)cc1. The molecule has 0 atom stereocenters. The number of carbonyl (C=O) groups excluding carboxylic acids is 1. The van der Waals surface area contributed by atoms with E-state index in [4.69, 9.17) is 10.00 Å². The Hall–Kier alpha value is -2.87. The van der Waals surface area contributed by atoms with Crippen molar-refractivity contribution < 1.29 is 9.53 Å². The number of benzene rings is 1. The topological polar surface area (TPSA) is 75.0 Å². The van der Waals surface area contributed by atoms with Gasteiger partial charge in [-0.1, -0.05) is 12.1 Å². The highest BCUT2D eigenvalue weighted by molar-refractivity contribution is 5.94. The van der Waals surface area contributed by atoms with Crippen LogP contribution in [0.25, 0.3) is 0 Å². The standard InChI is InChI=1S/C16H15N3O2/c1-2-21-16(20)14-4-3-9-18-15(14)19-11-13-7-5-12(10-17)6-8-13/h3-9H,2,11H2,1H3,(H,18,19). The first-order valence-electron chi connectivity index (χ1n) is 6.59. The van der Waals surface area contributed by atoms with E-state index in [1.807, 2.05) is 12.1 Å². The van der Waals surface area contributed by atoms with Crippen LogP contribution in [-0.2, 0) is 11.3 Å². The zero-order valence-electron chi connectivity index (χ0n) is 11.7. The predicted molar refractivity (Wildman–Crippen MR) is 78.7 cm³/mol. The Morgan fingerprint density at radius 3 is 2.76 bits per heavy atom. The predicted octanol–water partition coefficient (Wildman–Crippen LogP) is 2.74. The molecule has 1 aromatic carbocycles. The molecule has 0 radical (unpaired) electrons. The molecule has 5 nitrogen and oxygen atoms in total. The van der Waals surface area contributed by atoms with E-state index >= 15 is 0 Å². The highest BCUT2D eigenvalue weighted by Crippen LogP contribution is 2.14. The monoisotopic (exact) mass is 281 g/mol. The number of ether oxygens (including phenoxy) is 1. The number of nitriles is 1. The summed E-state index contributed by atoms with van der Waals surface area (Å²) < 4.78 is 5.00. The van der Waals surface area contributed by atoms with Crippen LogP contribution in [0.4, 0.5) is 5.82 Å². The van der Waals surface area contributed by atoms with E-state index in [0.29, 0.717) is 30.1 Å². The molecular weight excluding hydrogens is 266 g/mol. The molecular formula is C16H15N3O2. The van der Waals surface area contributed by atoms with E-state index in [2.05, 4.69) is 16.4 Å². The van der Waals surface area contributed by atoms with E-state index in [1.54, 1.807) is 37.4 Å². The Morgan fingerprint density at radius 1 is 1.33 bits per heavy atom. The molecule has 0 aliphatic carbocycles. The minimum absolute atomic E-state index is 0.322. The molecule has 0 amide bonds. The molecule has 2 rings (SSSR count). The molecule has 1 aromatic heterocycles. The van der Waals surface area contributed by atoms with Gasteiger partial charge in [-0.25, -0.2) is 9.78 Å². The van der Waals surface area contributed by atoms with Crippen LogP contribution in [0, 0.1) is 11.3 Å². The molecule has 1 heterocycles. The maximum absolute atomic E-state index is 11.8. The molecule has 0 bridgehead atoms. The summed E-state index contributed by atoms with van der Waals surface area (Å²) >= 11 is 0. The van der Waals surface area contributed by atoms with Gasteiger partial charge >= 0.3 is 5.97 Å². The van der Waals surface area contributed by atoms with Crippen LogP contribution in [-0.4, -0.2) is 17.6 Å². The summed E-state index contributed by atoms with van der Waals surface area (Å²) in [7, 11) is 0. The Bertz CT molecular complexity index is 660. The van der Waals surface area contributed by atoms with Crippen molar-refractivity contribution in [3.05, 3.63) is 59.3 Å². The number of nitrogens with zero attached hydrogens (tertiary/aromatic N) is 2. The minimum atomic E-state index is -0.395. The third-order valence-electron chi connectivity index (χ3n) is 2.85. The second kappa shape index (κ2) is 7.06. The molecule has 0 aliphatic heterocycles. The quantitative estimate of drug-likeness (QED) is 0.853. The van der Waals surface area contributed by atoms with Crippen molar-refractivity contribution in [2.75, 3.05) is 11.9 Å². The van der Waals surface area contributed by atoms with Gasteiger partial charge in [0.05, 0.1) is 18.2 Å². The molecule has 5 heteroatoms. The van der Waals surface area contributed by atoms with Gasteiger partial charge in [-0.05, 0) is 36.8 Å². The Balaban J connectivity index is 2.09. The highest BCUT2D eigenvalue weighted by Gasteiger charge is 2.12. The minimum Gasteiger partial charge on any atom is -0.462 e.